The minimum Gasteiger partial charge on any atom is -0.345 e. The molecule has 0 unspecified atom stereocenters. The molecule has 2 aromatic rings. The lowest BCUT2D eigenvalue weighted by Crippen LogP contribution is -2.47. The third-order valence-electron chi connectivity index (χ3n) is 3.16. The van der Waals surface area contributed by atoms with E-state index in [2.05, 4.69) is 15.0 Å². The molecule has 9 heteroatoms. The molecule has 1 fully saturated rings. The molecule has 0 saturated carbocycles. The number of aromatic nitrogens is 3. The first-order valence-corrected chi connectivity index (χ1v) is 7.15. The molecular weight excluding hydrogens is 303 g/mol. The number of anilines is 2. The molecule has 0 radical (unpaired) electrons. The molecule has 1 saturated heterocycles. The Morgan fingerprint density at radius 2 is 1.57 bits per heavy atom. The van der Waals surface area contributed by atoms with E-state index in [9.17, 15) is 13.2 Å². The van der Waals surface area contributed by atoms with Gasteiger partial charge in [0, 0.05) is 38.6 Å². The number of rotatable bonds is 2. The fraction of sp³-hybridized carbons (Fsp3) is 0.417. The van der Waals surface area contributed by atoms with Crippen LogP contribution in [0, 0.1) is 0 Å². The largest absolute Gasteiger partial charge is 0.427 e. The lowest BCUT2D eigenvalue weighted by atomic mass is 10.3. The lowest BCUT2D eigenvalue weighted by molar-refractivity contribution is -0.134. The Labute approximate surface area is 123 Å². The van der Waals surface area contributed by atoms with Crippen molar-refractivity contribution in [2.45, 2.75) is 6.18 Å². The maximum absolute atomic E-state index is 12.6. The summed E-state index contributed by atoms with van der Waals surface area (Å²) in [4.78, 5) is 15.4. The second kappa shape index (κ2) is 5.47. The first-order chi connectivity index (χ1) is 10.0. The van der Waals surface area contributed by atoms with Gasteiger partial charge in [-0.15, -0.1) is 0 Å². The van der Waals surface area contributed by atoms with Crippen LogP contribution in [-0.4, -0.2) is 41.1 Å². The van der Waals surface area contributed by atoms with E-state index in [0.29, 0.717) is 48.6 Å². The molecule has 21 heavy (non-hydrogen) atoms. The van der Waals surface area contributed by atoms with Crippen LogP contribution in [0.3, 0.4) is 0 Å². The minimum absolute atomic E-state index is 0.413. The smallest absolute Gasteiger partial charge is 0.345 e. The maximum Gasteiger partial charge on any atom is 0.427 e. The molecule has 0 spiro atoms. The SMILES string of the molecule is FC(F)(F)c1cnc(N2CCN(c3ncccn3)CC2)s1. The number of alkyl halides is 3. The Morgan fingerprint density at radius 3 is 2.14 bits per heavy atom. The van der Waals surface area contributed by atoms with Gasteiger partial charge in [-0.25, -0.2) is 15.0 Å². The normalized spacial score (nSPS) is 16.3. The summed E-state index contributed by atoms with van der Waals surface area (Å²) < 4.78 is 37.7. The fourth-order valence-electron chi connectivity index (χ4n) is 2.09. The molecule has 112 valence electrons. The van der Waals surface area contributed by atoms with Crippen molar-refractivity contribution in [1.29, 1.82) is 0 Å². The highest BCUT2D eigenvalue weighted by molar-refractivity contribution is 7.15. The molecule has 1 aliphatic rings. The zero-order valence-electron chi connectivity index (χ0n) is 10.9. The summed E-state index contributed by atoms with van der Waals surface area (Å²) >= 11 is 0.683. The maximum atomic E-state index is 12.6. The van der Waals surface area contributed by atoms with E-state index in [4.69, 9.17) is 0 Å². The Balaban J connectivity index is 1.65. The van der Waals surface area contributed by atoms with Crippen LogP contribution in [0.25, 0.3) is 0 Å². The van der Waals surface area contributed by atoms with Gasteiger partial charge in [0.15, 0.2) is 5.13 Å². The number of hydrogen-bond acceptors (Lipinski definition) is 6. The van der Waals surface area contributed by atoms with Gasteiger partial charge in [-0.2, -0.15) is 13.2 Å². The predicted octanol–water partition coefficient (Wildman–Crippen LogP) is 2.28. The van der Waals surface area contributed by atoms with Gasteiger partial charge in [0.1, 0.15) is 4.88 Å². The molecule has 0 aromatic carbocycles. The van der Waals surface area contributed by atoms with Crippen LogP contribution < -0.4 is 9.80 Å². The van der Waals surface area contributed by atoms with E-state index in [1.807, 2.05) is 9.80 Å². The fourth-order valence-corrected chi connectivity index (χ4v) is 2.93. The number of halogens is 3. The highest BCUT2D eigenvalue weighted by Gasteiger charge is 2.34. The highest BCUT2D eigenvalue weighted by atomic mass is 32.1. The third kappa shape index (κ3) is 3.07. The van der Waals surface area contributed by atoms with Gasteiger partial charge in [0.25, 0.3) is 0 Å². The predicted molar refractivity (Wildman–Crippen MR) is 73.6 cm³/mol. The van der Waals surface area contributed by atoms with Crippen molar-refractivity contribution in [3.8, 4) is 0 Å². The van der Waals surface area contributed by atoms with Gasteiger partial charge in [-0.3, -0.25) is 0 Å². The van der Waals surface area contributed by atoms with Gasteiger partial charge < -0.3 is 9.80 Å². The quantitative estimate of drug-likeness (QED) is 0.851. The first-order valence-electron chi connectivity index (χ1n) is 6.34. The van der Waals surface area contributed by atoms with E-state index >= 15 is 0 Å². The van der Waals surface area contributed by atoms with Gasteiger partial charge in [0.05, 0.1) is 6.20 Å². The van der Waals surface area contributed by atoms with Crippen LogP contribution in [0.5, 0.6) is 0 Å². The summed E-state index contributed by atoms with van der Waals surface area (Å²) in [5.41, 5.74) is 0. The average Bonchev–Trinajstić information content (AvgIpc) is 2.98. The summed E-state index contributed by atoms with van der Waals surface area (Å²) in [7, 11) is 0. The Bertz CT molecular complexity index is 592. The molecular formula is C12H12F3N5S. The molecule has 0 atom stereocenters. The van der Waals surface area contributed by atoms with Crippen molar-refractivity contribution < 1.29 is 13.2 Å². The highest BCUT2D eigenvalue weighted by Crippen LogP contribution is 2.36. The van der Waals surface area contributed by atoms with Gasteiger partial charge in [-0.1, -0.05) is 11.3 Å². The van der Waals surface area contributed by atoms with Gasteiger partial charge in [-0.05, 0) is 6.07 Å². The summed E-state index contributed by atoms with van der Waals surface area (Å²) in [5, 5.41) is 0.413. The van der Waals surface area contributed by atoms with Crippen molar-refractivity contribution in [3.63, 3.8) is 0 Å². The minimum atomic E-state index is -4.32. The molecule has 1 aliphatic heterocycles. The zero-order chi connectivity index (χ0) is 14.9. The number of hydrogen-bond donors (Lipinski definition) is 0. The number of thiazole rings is 1. The lowest BCUT2D eigenvalue weighted by Gasteiger charge is -2.34. The number of nitrogens with zero attached hydrogens (tertiary/aromatic N) is 5. The van der Waals surface area contributed by atoms with E-state index in [1.165, 1.54) is 0 Å². The third-order valence-corrected chi connectivity index (χ3v) is 4.26. The molecule has 5 nitrogen and oxygen atoms in total. The molecule has 0 N–H and O–H groups in total. The summed E-state index contributed by atoms with van der Waals surface area (Å²) in [6, 6.07) is 1.74. The second-order valence-corrected chi connectivity index (χ2v) is 5.54. The molecule has 3 rings (SSSR count). The molecule has 0 amide bonds. The van der Waals surface area contributed by atoms with E-state index in [0.717, 1.165) is 6.20 Å². The average molecular weight is 315 g/mol. The Hall–Kier alpha value is -1.90. The van der Waals surface area contributed by atoms with Crippen LogP contribution in [0.1, 0.15) is 4.88 Å². The number of piperazine rings is 1. The monoisotopic (exact) mass is 315 g/mol. The standard InChI is InChI=1S/C12H12F3N5S/c13-12(14,15)9-8-18-11(21-9)20-6-4-19(5-7-20)10-16-2-1-3-17-10/h1-3,8H,4-7H2. The zero-order valence-corrected chi connectivity index (χ0v) is 11.7. The summed E-state index contributed by atoms with van der Waals surface area (Å²) in [6.07, 6.45) is -0.0847. The molecule has 2 aromatic heterocycles. The van der Waals surface area contributed by atoms with Crippen molar-refractivity contribution in [3.05, 3.63) is 29.5 Å². The first kappa shape index (κ1) is 14.1. The summed E-state index contributed by atoms with van der Waals surface area (Å²) in [5.74, 6) is 0.646. The topological polar surface area (TPSA) is 45.2 Å². The molecule has 3 heterocycles. The van der Waals surface area contributed by atoms with Crippen molar-refractivity contribution >= 4 is 22.4 Å². The van der Waals surface area contributed by atoms with Crippen LogP contribution in [-0.2, 0) is 6.18 Å². The van der Waals surface area contributed by atoms with E-state index < -0.39 is 11.1 Å². The van der Waals surface area contributed by atoms with Crippen LogP contribution in [0.4, 0.5) is 24.3 Å². The van der Waals surface area contributed by atoms with Crippen LogP contribution in [0.15, 0.2) is 24.7 Å². The Kier molecular flexibility index (Phi) is 3.66. The Morgan fingerprint density at radius 1 is 0.952 bits per heavy atom. The molecule has 0 bridgehead atoms. The van der Waals surface area contributed by atoms with Gasteiger partial charge in [0.2, 0.25) is 5.95 Å². The van der Waals surface area contributed by atoms with Crippen molar-refractivity contribution in [1.82, 2.24) is 15.0 Å². The second-order valence-electron chi connectivity index (χ2n) is 4.53. The van der Waals surface area contributed by atoms with Crippen LogP contribution in [0.2, 0.25) is 0 Å². The van der Waals surface area contributed by atoms with E-state index in [-0.39, 0.29) is 0 Å². The molecule has 0 aliphatic carbocycles. The van der Waals surface area contributed by atoms with Crippen molar-refractivity contribution in [2.24, 2.45) is 0 Å². The van der Waals surface area contributed by atoms with Crippen molar-refractivity contribution in [2.75, 3.05) is 36.0 Å². The van der Waals surface area contributed by atoms with E-state index in [1.54, 1.807) is 18.5 Å². The summed E-state index contributed by atoms with van der Waals surface area (Å²) in [6.45, 7) is 2.52. The van der Waals surface area contributed by atoms with Crippen LogP contribution >= 0.6 is 11.3 Å². The van der Waals surface area contributed by atoms with Gasteiger partial charge >= 0.3 is 6.18 Å².